The summed E-state index contributed by atoms with van der Waals surface area (Å²) in [6, 6.07) is 8.19. The summed E-state index contributed by atoms with van der Waals surface area (Å²) in [5.74, 6) is -0.847. The lowest BCUT2D eigenvalue weighted by molar-refractivity contribution is -0.137. The molecular weight excluding hydrogens is 416 g/mol. The van der Waals surface area contributed by atoms with E-state index in [4.69, 9.17) is 5.73 Å². The molecule has 31 heavy (non-hydrogen) atoms. The number of aliphatic carboxylic acids is 1. The van der Waals surface area contributed by atoms with E-state index >= 15 is 0 Å². The van der Waals surface area contributed by atoms with Crippen molar-refractivity contribution in [3.8, 4) is 0 Å². The summed E-state index contributed by atoms with van der Waals surface area (Å²) < 4.78 is 0. The van der Waals surface area contributed by atoms with Crippen LogP contribution in [-0.4, -0.2) is 54.0 Å². The fourth-order valence-electron chi connectivity index (χ4n) is 3.87. The van der Waals surface area contributed by atoms with Gasteiger partial charge in [0.1, 0.15) is 0 Å². The smallest absolute Gasteiger partial charge is 0.305 e. The van der Waals surface area contributed by atoms with Crippen LogP contribution in [0.15, 0.2) is 35.7 Å². The van der Waals surface area contributed by atoms with Crippen LogP contribution in [0.5, 0.6) is 0 Å². The first-order chi connectivity index (χ1) is 14.9. The van der Waals surface area contributed by atoms with Gasteiger partial charge in [0.05, 0.1) is 23.8 Å². The number of thiophene rings is 1. The van der Waals surface area contributed by atoms with Crippen LogP contribution in [0.3, 0.4) is 0 Å². The van der Waals surface area contributed by atoms with Crippen LogP contribution in [0.4, 0.5) is 11.4 Å². The molecule has 1 saturated heterocycles. The summed E-state index contributed by atoms with van der Waals surface area (Å²) in [4.78, 5) is 41.0. The van der Waals surface area contributed by atoms with Gasteiger partial charge >= 0.3 is 5.97 Å². The van der Waals surface area contributed by atoms with Crippen LogP contribution in [0.1, 0.15) is 40.5 Å². The number of nitrogen functional groups attached to an aromatic ring is 1. The van der Waals surface area contributed by atoms with Gasteiger partial charge < -0.3 is 26.0 Å². The van der Waals surface area contributed by atoms with Gasteiger partial charge in [0, 0.05) is 42.5 Å². The zero-order chi connectivity index (χ0) is 22.0. The first kappa shape index (κ1) is 21.2. The minimum absolute atomic E-state index is 0.191. The number of carbonyl (C=O) groups excluding carboxylic acids is 2. The minimum atomic E-state index is -0.979. The van der Waals surface area contributed by atoms with E-state index < -0.39 is 12.0 Å². The Bertz CT molecular complexity index is 966. The second kappa shape index (κ2) is 8.97. The molecule has 1 aromatic carbocycles. The summed E-state index contributed by atoms with van der Waals surface area (Å²) >= 11 is 1.40. The first-order valence-electron chi connectivity index (χ1n) is 10.4. The standard InChI is InChI=1S/C22H26N4O4S/c23-16-12-15(21(29)24-17(13-20(27)28)19-2-1-11-31-19)5-6-18(16)25-7-9-26(10-8-25)22(30)14-3-4-14/h1-2,5-6,11-12,14,17H,3-4,7-10,13,23H2,(H,24,29)(H,27,28). The SMILES string of the molecule is Nc1cc(C(=O)NC(CC(=O)O)c2cccs2)ccc1N1CCN(C(=O)C2CC2)CC1. The van der Waals surface area contributed by atoms with Gasteiger partial charge in [-0.3, -0.25) is 14.4 Å². The Morgan fingerprint density at radius 2 is 1.90 bits per heavy atom. The molecule has 1 saturated carbocycles. The maximum absolute atomic E-state index is 12.7. The molecule has 1 aliphatic carbocycles. The molecule has 0 spiro atoms. The molecule has 4 N–H and O–H groups in total. The molecule has 9 heteroatoms. The molecule has 2 aliphatic rings. The van der Waals surface area contributed by atoms with Crippen molar-refractivity contribution in [3.63, 3.8) is 0 Å². The van der Waals surface area contributed by atoms with Crippen molar-refractivity contribution >= 4 is 40.5 Å². The maximum Gasteiger partial charge on any atom is 0.305 e. The number of hydrogen-bond acceptors (Lipinski definition) is 6. The molecule has 1 aliphatic heterocycles. The summed E-state index contributed by atoms with van der Waals surface area (Å²) in [6.07, 6.45) is 1.83. The fraction of sp³-hybridized carbons (Fsp3) is 0.409. The largest absolute Gasteiger partial charge is 0.481 e. The van der Waals surface area contributed by atoms with Crippen LogP contribution in [0.25, 0.3) is 0 Å². The second-order valence-corrected chi connectivity index (χ2v) is 8.98. The fourth-order valence-corrected chi connectivity index (χ4v) is 4.65. The lowest BCUT2D eigenvalue weighted by atomic mass is 10.1. The predicted octanol–water partition coefficient (Wildman–Crippen LogP) is 2.33. The number of anilines is 2. The van der Waals surface area contributed by atoms with Gasteiger partial charge in [-0.05, 0) is 42.5 Å². The first-order valence-corrected chi connectivity index (χ1v) is 11.3. The van der Waals surface area contributed by atoms with E-state index in [0.29, 0.717) is 37.4 Å². The highest BCUT2D eigenvalue weighted by Crippen LogP contribution is 2.32. The zero-order valence-corrected chi connectivity index (χ0v) is 17.9. The van der Waals surface area contributed by atoms with Crippen LogP contribution in [0, 0.1) is 5.92 Å². The Kier molecular flexibility index (Phi) is 6.13. The van der Waals surface area contributed by atoms with Crippen LogP contribution < -0.4 is 16.0 Å². The van der Waals surface area contributed by atoms with Crippen molar-refractivity contribution < 1.29 is 19.5 Å². The summed E-state index contributed by atoms with van der Waals surface area (Å²) in [7, 11) is 0. The highest BCUT2D eigenvalue weighted by Gasteiger charge is 2.34. The molecule has 8 nitrogen and oxygen atoms in total. The van der Waals surface area contributed by atoms with Gasteiger partial charge in [0.15, 0.2) is 0 Å². The maximum atomic E-state index is 12.7. The molecule has 0 bridgehead atoms. The van der Waals surface area contributed by atoms with Crippen molar-refractivity contribution in [2.45, 2.75) is 25.3 Å². The Morgan fingerprint density at radius 3 is 2.48 bits per heavy atom. The van der Waals surface area contributed by atoms with Crippen LogP contribution in [-0.2, 0) is 9.59 Å². The minimum Gasteiger partial charge on any atom is -0.481 e. The van der Waals surface area contributed by atoms with E-state index in [0.717, 1.165) is 23.4 Å². The lowest BCUT2D eigenvalue weighted by Gasteiger charge is -2.36. The number of nitrogens with zero attached hydrogens (tertiary/aromatic N) is 2. The summed E-state index contributed by atoms with van der Waals surface area (Å²) in [5, 5.41) is 13.8. The third-order valence-corrected chi connectivity index (χ3v) is 6.71. The van der Waals surface area contributed by atoms with E-state index in [2.05, 4.69) is 10.2 Å². The monoisotopic (exact) mass is 442 g/mol. The van der Waals surface area contributed by atoms with Crippen LogP contribution in [0.2, 0.25) is 0 Å². The predicted molar refractivity (Wildman–Crippen MR) is 119 cm³/mol. The third kappa shape index (κ3) is 4.99. The van der Waals surface area contributed by atoms with Crippen molar-refractivity contribution in [1.82, 2.24) is 10.2 Å². The quantitative estimate of drug-likeness (QED) is 0.567. The number of carboxylic acid groups (broad SMARTS) is 1. The van der Waals surface area contributed by atoms with Gasteiger partial charge in [-0.25, -0.2) is 0 Å². The molecular formula is C22H26N4O4S. The van der Waals surface area contributed by atoms with Gasteiger partial charge in [0.25, 0.3) is 5.91 Å². The molecule has 2 aromatic rings. The van der Waals surface area contributed by atoms with Crippen molar-refractivity contribution in [2.24, 2.45) is 5.92 Å². The number of piperazine rings is 1. The van der Waals surface area contributed by atoms with Crippen molar-refractivity contribution in [2.75, 3.05) is 36.8 Å². The molecule has 4 rings (SSSR count). The Morgan fingerprint density at radius 1 is 1.16 bits per heavy atom. The summed E-state index contributed by atoms with van der Waals surface area (Å²) in [5.41, 5.74) is 7.97. The number of nitrogens with two attached hydrogens (primary N) is 1. The van der Waals surface area contributed by atoms with E-state index in [1.54, 1.807) is 12.1 Å². The molecule has 2 fully saturated rings. The molecule has 2 amide bonds. The van der Waals surface area contributed by atoms with Crippen LogP contribution >= 0.6 is 11.3 Å². The summed E-state index contributed by atoms with van der Waals surface area (Å²) in [6.45, 7) is 2.75. The lowest BCUT2D eigenvalue weighted by Crippen LogP contribution is -2.49. The highest BCUT2D eigenvalue weighted by atomic mass is 32.1. The van der Waals surface area contributed by atoms with E-state index in [1.807, 2.05) is 28.5 Å². The molecule has 1 aromatic heterocycles. The highest BCUT2D eigenvalue weighted by molar-refractivity contribution is 7.10. The van der Waals surface area contributed by atoms with Gasteiger partial charge in [-0.2, -0.15) is 0 Å². The Hall–Kier alpha value is -3.07. The van der Waals surface area contributed by atoms with E-state index in [9.17, 15) is 19.5 Å². The number of benzene rings is 1. The second-order valence-electron chi connectivity index (χ2n) is 8.00. The average molecular weight is 443 g/mol. The van der Waals surface area contributed by atoms with Crippen molar-refractivity contribution in [3.05, 3.63) is 46.2 Å². The van der Waals surface area contributed by atoms with Crippen molar-refractivity contribution in [1.29, 1.82) is 0 Å². The Balaban J connectivity index is 1.40. The number of carboxylic acids is 1. The topological polar surface area (TPSA) is 116 Å². The number of hydrogen-bond donors (Lipinski definition) is 3. The molecule has 0 radical (unpaired) electrons. The molecule has 1 atom stereocenters. The Labute approximate surface area is 184 Å². The number of rotatable bonds is 7. The van der Waals surface area contributed by atoms with Gasteiger partial charge in [-0.15, -0.1) is 11.3 Å². The normalized spacial score (nSPS) is 17.3. The molecule has 2 heterocycles. The molecule has 164 valence electrons. The average Bonchev–Trinajstić information content (AvgIpc) is 3.46. The molecule has 1 unspecified atom stereocenters. The van der Waals surface area contributed by atoms with Gasteiger partial charge in [-0.1, -0.05) is 6.07 Å². The number of carbonyl (C=O) groups is 3. The zero-order valence-electron chi connectivity index (χ0n) is 17.1. The van der Waals surface area contributed by atoms with E-state index in [-0.39, 0.29) is 24.2 Å². The third-order valence-electron chi connectivity index (χ3n) is 5.72. The number of nitrogens with one attached hydrogen (secondary N) is 1. The number of amides is 2. The van der Waals surface area contributed by atoms with E-state index in [1.165, 1.54) is 11.3 Å². The van der Waals surface area contributed by atoms with Gasteiger partial charge in [0.2, 0.25) is 5.91 Å².